The van der Waals surface area contributed by atoms with E-state index < -0.39 is 4.32 Å². The zero-order valence-electron chi connectivity index (χ0n) is 10.1. The first-order valence-electron chi connectivity index (χ1n) is 4.84. The third kappa shape index (κ3) is 3.85. The monoisotopic (exact) mass is 303 g/mol. The molecule has 0 fully saturated rings. The predicted molar refractivity (Wildman–Crippen MR) is 66.8 cm³/mol. The Bertz CT molecular complexity index is 395. The minimum Gasteiger partial charge on any atom is -0.481 e. The Kier molecular flexibility index (Phi) is 4.28. The number of aromatic nitrogens is 2. The summed E-state index contributed by atoms with van der Waals surface area (Å²) < 4.78 is 9.24. The molecule has 0 aliphatic rings. The molecule has 1 rings (SSSR count). The number of amides is 1. The van der Waals surface area contributed by atoms with Crippen molar-refractivity contribution < 1.29 is 14.3 Å². The molecule has 7 heteroatoms. The number of carbonyl (C=O) groups excluding carboxylic acids is 1. The molecule has 6 nitrogen and oxygen atoms in total. The van der Waals surface area contributed by atoms with Gasteiger partial charge in [-0.1, -0.05) is 15.9 Å². The van der Waals surface area contributed by atoms with Crippen LogP contribution in [0.2, 0.25) is 0 Å². The fraction of sp³-hybridized carbons (Fsp3) is 0.500. The lowest BCUT2D eigenvalue weighted by molar-refractivity contribution is -0.117. The largest absolute Gasteiger partial charge is 0.481 e. The summed E-state index contributed by atoms with van der Waals surface area (Å²) in [6.45, 7) is 3.44. The van der Waals surface area contributed by atoms with E-state index in [1.54, 1.807) is 13.8 Å². The Hall–Kier alpha value is -1.37. The van der Waals surface area contributed by atoms with Crippen LogP contribution in [0.4, 0.5) is 5.95 Å². The highest BCUT2D eigenvalue weighted by Gasteiger charge is 2.24. The number of halogens is 1. The van der Waals surface area contributed by atoms with Crippen molar-refractivity contribution >= 4 is 27.8 Å². The number of carbonyl (C=O) groups is 1. The van der Waals surface area contributed by atoms with Crippen LogP contribution in [0, 0.1) is 0 Å². The number of anilines is 1. The number of hydrogen-bond donors (Lipinski definition) is 1. The highest BCUT2D eigenvalue weighted by Crippen LogP contribution is 2.20. The number of ether oxygens (including phenoxy) is 2. The SMILES string of the molecule is COc1cc(OC)nc(NC(=O)C(C)(C)Br)n1. The predicted octanol–water partition coefficient (Wildman–Crippen LogP) is 1.61. The van der Waals surface area contributed by atoms with Crippen molar-refractivity contribution in [3.8, 4) is 11.8 Å². The van der Waals surface area contributed by atoms with Gasteiger partial charge in [-0.3, -0.25) is 10.1 Å². The van der Waals surface area contributed by atoms with Crippen LogP contribution in [0.1, 0.15) is 13.8 Å². The quantitative estimate of drug-likeness (QED) is 0.855. The Morgan fingerprint density at radius 3 is 2.12 bits per heavy atom. The maximum Gasteiger partial charge on any atom is 0.243 e. The third-order valence-electron chi connectivity index (χ3n) is 1.86. The highest BCUT2D eigenvalue weighted by atomic mass is 79.9. The zero-order chi connectivity index (χ0) is 13.1. The van der Waals surface area contributed by atoms with Crippen LogP contribution >= 0.6 is 15.9 Å². The van der Waals surface area contributed by atoms with Gasteiger partial charge in [-0.15, -0.1) is 0 Å². The lowest BCUT2D eigenvalue weighted by Crippen LogP contribution is -2.31. The van der Waals surface area contributed by atoms with Gasteiger partial charge in [0.05, 0.1) is 24.6 Å². The van der Waals surface area contributed by atoms with Crippen LogP contribution in [-0.2, 0) is 4.79 Å². The molecule has 0 bridgehead atoms. The summed E-state index contributed by atoms with van der Waals surface area (Å²) in [5.74, 6) is 0.519. The molecule has 0 spiro atoms. The van der Waals surface area contributed by atoms with E-state index >= 15 is 0 Å². The fourth-order valence-electron chi connectivity index (χ4n) is 0.919. The van der Waals surface area contributed by atoms with Crippen molar-refractivity contribution in [2.24, 2.45) is 0 Å². The topological polar surface area (TPSA) is 73.3 Å². The van der Waals surface area contributed by atoms with Gasteiger partial charge in [-0.2, -0.15) is 9.97 Å². The smallest absolute Gasteiger partial charge is 0.243 e. The van der Waals surface area contributed by atoms with Gasteiger partial charge in [0.1, 0.15) is 0 Å². The van der Waals surface area contributed by atoms with Crippen molar-refractivity contribution in [1.82, 2.24) is 9.97 Å². The van der Waals surface area contributed by atoms with Gasteiger partial charge in [-0.25, -0.2) is 0 Å². The van der Waals surface area contributed by atoms with Gasteiger partial charge < -0.3 is 9.47 Å². The van der Waals surface area contributed by atoms with E-state index in [1.165, 1.54) is 20.3 Å². The van der Waals surface area contributed by atoms with Gasteiger partial charge in [0.2, 0.25) is 23.6 Å². The minimum atomic E-state index is -0.702. The molecule has 0 atom stereocenters. The van der Waals surface area contributed by atoms with E-state index in [1.807, 2.05) is 0 Å². The summed E-state index contributed by atoms with van der Waals surface area (Å²) >= 11 is 3.24. The summed E-state index contributed by atoms with van der Waals surface area (Å²) in [6.07, 6.45) is 0. The summed E-state index contributed by atoms with van der Waals surface area (Å²) in [6, 6.07) is 1.52. The molecule has 0 aromatic carbocycles. The lowest BCUT2D eigenvalue weighted by atomic mass is 10.2. The second-order valence-electron chi connectivity index (χ2n) is 3.70. The average molecular weight is 304 g/mol. The molecular formula is C10H14BrN3O3. The van der Waals surface area contributed by atoms with Gasteiger partial charge in [0.15, 0.2) is 0 Å². The normalized spacial score (nSPS) is 10.9. The van der Waals surface area contributed by atoms with Crippen LogP contribution < -0.4 is 14.8 Å². The number of hydrogen-bond acceptors (Lipinski definition) is 5. The molecule has 0 radical (unpaired) electrons. The standard InChI is InChI=1S/C10H14BrN3O3/c1-10(2,11)8(15)14-9-12-6(16-3)5-7(13-9)17-4/h5H,1-4H3,(H,12,13,14,15). The third-order valence-corrected chi connectivity index (χ3v) is 2.22. The Labute approximate surface area is 108 Å². The number of rotatable bonds is 4. The second kappa shape index (κ2) is 5.31. The minimum absolute atomic E-state index is 0.138. The van der Waals surface area contributed by atoms with Crippen molar-refractivity contribution in [2.75, 3.05) is 19.5 Å². The molecule has 1 heterocycles. The lowest BCUT2D eigenvalue weighted by Gasteiger charge is -2.15. The van der Waals surface area contributed by atoms with Crippen molar-refractivity contribution in [3.63, 3.8) is 0 Å². The Morgan fingerprint density at radius 1 is 1.29 bits per heavy atom. The molecule has 0 unspecified atom stereocenters. The molecule has 1 amide bonds. The molecule has 1 aromatic rings. The second-order valence-corrected chi connectivity index (χ2v) is 5.69. The van der Waals surface area contributed by atoms with Gasteiger partial charge >= 0.3 is 0 Å². The molecule has 1 aromatic heterocycles. The van der Waals surface area contributed by atoms with E-state index in [0.717, 1.165) is 0 Å². The van der Waals surface area contributed by atoms with Crippen LogP contribution in [-0.4, -0.2) is 34.4 Å². The molecule has 0 aliphatic heterocycles. The fourth-order valence-corrected chi connectivity index (χ4v) is 1.02. The Morgan fingerprint density at radius 2 is 1.76 bits per heavy atom. The van der Waals surface area contributed by atoms with Crippen LogP contribution in [0.15, 0.2) is 6.07 Å². The molecule has 0 aliphatic carbocycles. The first-order valence-corrected chi connectivity index (χ1v) is 5.63. The molecular weight excluding hydrogens is 290 g/mol. The van der Waals surface area contributed by atoms with Gasteiger partial charge in [0.25, 0.3) is 0 Å². The number of methoxy groups -OCH3 is 2. The number of nitrogens with one attached hydrogen (secondary N) is 1. The maximum absolute atomic E-state index is 11.7. The van der Waals surface area contributed by atoms with Crippen molar-refractivity contribution in [2.45, 2.75) is 18.2 Å². The highest BCUT2D eigenvalue weighted by molar-refractivity contribution is 9.10. The van der Waals surface area contributed by atoms with E-state index in [2.05, 4.69) is 31.2 Å². The van der Waals surface area contributed by atoms with E-state index in [0.29, 0.717) is 11.8 Å². The number of alkyl halides is 1. The summed E-state index contributed by atoms with van der Waals surface area (Å²) in [5, 5.41) is 2.56. The average Bonchev–Trinajstić information content (AvgIpc) is 2.27. The molecule has 0 saturated heterocycles. The van der Waals surface area contributed by atoms with Gasteiger partial charge in [0, 0.05) is 0 Å². The summed E-state index contributed by atoms with van der Waals surface area (Å²) in [5.41, 5.74) is 0. The van der Waals surface area contributed by atoms with Crippen molar-refractivity contribution in [1.29, 1.82) is 0 Å². The molecule has 1 N–H and O–H groups in total. The van der Waals surface area contributed by atoms with Crippen LogP contribution in [0.5, 0.6) is 11.8 Å². The number of nitrogens with zero attached hydrogens (tertiary/aromatic N) is 2. The molecule has 17 heavy (non-hydrogen) atoms. The first kappa shape index (κ1) is 13.7. The van der Waals surface area contributed by atoms with E-state index in [9.17, 15) is 4.79 Å². The Balaban J connectivity index is 2.94. The first-order chi connectivity index (χ1) is 7.86. The van der Waals surface area contributed by atoms with Gasteiger partial charge in [-0.05, 0) is 13.8 Å². The van der Waals surface area contributed by atoms with E-state index in [-0.39, 0.29) is 11.9 Å². The summed E-state index contributed by atoms with van der Waals surface area (Å²) in [7, 11) is 2.95. The summed E-state index contributed by atoms with van der Waals surface area (Å²) in [4.78, 5) is 19.7. The maximum atomic E-state index is 11.7. The molecule has 94 valence electrons. The zero-order valence-corrected chi connectivity index (χ0v) is 11.7. The van der Waals surface area contributed by atoms with Crippen LogP contribution in [0.3, 0.4) is 0 Å². The van der Waals surface area contributed by atoms with Crippen LogP contribution in [0.25, 0.3) is 0 Å². The molecule has 0 saturated carbocycles. The van der Waals surface area contributed by atoms with E-state index in [4.69, 9.17) is 9.47 Å². The van der Waals surface area contributed by atoms with Crippen molar-refractivity contribution in [3.05, 3.63) is 6.07 Å².